The Bertz CT molecular complexity index is 2710. The molecule has 0 bridgehead atoms. The molecule has 2 heterocycles. The fraction of sp³-hybridized carbons (Fsp3) is 0.0213. The van der Waals surface area contributed by atoms with Gasteiger partial charge >= 0.3 is 0 Å². The van der Waals surface area contributed by atoms with Crippen LogP contribution in [0.25, 0.3) is 72.5 Å². The third-order valence-corrected chi connectivity index (χ3v) is 10.8. The molecule has 2 aliphatic carbocycles. The van der Waals surface area contributed by atoms with E-state index in [2.05, 4.69) is 156 Å². The molecule has 3 nitrogen and oxygen atoms in total. The summed E-state index contributed by atoms with van der Waals surface area (Å²) in [6.45, 7) is 0. The third-order valence-electron chi connectivity index (χ3n) is 10.8. The van der Waals surface area contributed by atoms with Gasteiger partial charge in [-0.1, -0.05) is 158 Å². The quantitative estimate of drug-likeness (QED) is 0.193. The van der Waals surface area contributed by atoms with E-state index in [4.69, 9.17) is 9.97 Å². The first-order valence-electron chi connectivity index (χ1n) is 17.2. The van der Waals surface area contributed by atoms with Crippen LogP contribution in [-0.2, 0) is 5.41 Å². The average Bonchev–Trinajstić information content (AvgIpc) is 3.80. The minimum absolute atomic E-state index is 0.396. The van der Waals surface area contributed by atoms with Crippen molar-refractivity contribution in [3.05, 3.63) is 198 Å². The van der Waals surface area contributed by atoms with Crippen molar-refractivity contribution in [2.24, 2.45) is 0 Å². The minimum Gasteiger partial charge on any atom is -0.294 e. The van der Waals surface area contributed by atoms with Gasteiger partial charge in [0.25, 0.3) is 0 Å². The first-order chi connectivity index (χ1) is 24.8. The standard InChI is InChI=1S/C47H29N3/c1-3-15-30(16-4-1)40-29-43(49-46(48-40)31-17-5-2-6-18-31)50-41-26-14-10-22-35(41)45-42(50)28-27-39-44(45)34-21-9-13-25-38(34)47(39)36-23-11-7-19-32(36)33-20-8-12-24-37(33)47/h1-29H. The number of para-hydroxylation sites is 1. The lowest BCUT2D eigenvalue weighted by Crippen LogP contribution is -2.25. The second-order valence-corrected chi connectivity index (χ2v) is 13.3. The van der Waals surface area contributed by atoms with Gasteiger partial charge in [0.2, 0.25) is 0 Å². The monoisotopic (exact) mass is 635 g/mol. The molecule has 0 saturated carbocycles. The summed E-state index contributed by atoms with van der Waals surface area (Å²) in [4.78, 5) is 10.4. The van der Waals surface area contributed by atoms with Crippen molar-refractivity contribution < 1.29 is 0 Å². The molecule has 0 radical (unpaired) electrons. The molecule has 0 aliphatic heterocycles. The van der Waals surface area contributed by atoms with Gasteiger partial charge < -0.3 is 0 Å². The zero-order valence-corrected chi connectivity index (χ0v) is 27.1. The van der Waals surface area contributed by atoms with Gasteiger partial charge in [-0.05, 0) is 56.6 Å². The summed E-state index contributed by atoms with van der Waals surface area (Å²) in [5.74, 6) is 1.55. The average molecular weight is 636 g/mol. The van der Waals surface area contributed by atoms with Crippen LogP contribution in [0, 0.1) is 0 Å². The molecule has 11 rings (SSSR count). The molecule has 1 spiro atoms. The highest BCUT2D eigenvalue weighted by atomic mass is 15.1. The molecular weight excluding hydrogens is 607 g/mol. The second-order valence-electron chi connectivity index (χ2n) is 13.3. The van der Waals surface area contributed by atoms with E-state index < -0.39 is 5.41 Å². The SMILES string of the molecule is c1ccc(-c2cc(-n3c4ccccc4c4c5c(ccc43)C3(c4ccccc4-c4ccccc43)c3ccccc3-5)nc(-c3ccccc3)n2)cc1. The molecule has 2 aromatic heterocycles. The van der Waals surface area contributed by atoms with Crippen LogP contribution in [0.2, 0.25) is 0 Å². The van der Waals surface area contributed by atoms with E-state index in [0.29, 0.717) is 5.82 Å². The molecule has 7 aromatic carbocycles. The van der Waals surface area contributed by atoms with E-state index in [1.54, 1.807) is 0 Å². The van der Waals surface area contributed by atoms with E-state index in [1.165, 1.54) is 55.3 Å². The van der Waals surface area contributed by atoms with Gasteiger partial charge in [-0.15, -0.1) is 0 Å². The van der Waals surface area contributed by atoms with Crippen molar-refractivity contribution in [1.82, 2.24) is 14.5 Å². The van der Waals surface area contributed by atoms with E-state index in [9.17, 15) is 0 Å². The highest BCUT2D eigenvalue weighted by Crippen LogP contribution is 2.64. The van der Waals surface area contributed by atoms with Crippen LogP contribution in [-0.4, -0.2) is 14.5 Å². The van der Waals surface area contributed by atoms with Gasteiger partial charge in [0.1, 0.15) is 5.82 Å². The fourth-order valence-electron chi connectivity index (χ4n) is 8.91. The highest BCUT2D eigenvalue weighted by Gasteiger charge is 2.52. The number of hydrogen-bond acceptors (Lipinski definition) is 2. The van der Waals surface area contributed by atoms with Gasteiger partial charge in [-0.3, -0.25) is 4.57 Å². The third kappa shape index (κ3) is 3.53. The van der Waals surface area contributed by atoms with Crippen LogP contribution < -0.4 is 0 Å². The van der Waals surface area contributed by atoms with Crippen LogP contribution in [0.3, 0.4) is 0 Å². The number of rotatable bonds is 3. The number of nitrogens with zero attached hydrogens (tertiary/aromatic N) is 3. The molecule has 50 heavy (non-hydrogen) atoms. The van der Waals surface area contributed by atoms with Crippen molar-refractivity contribution in [3.63, 3.8) is 0 Å². The Morgan fingerprint density at radius 2 is 0.980 bits per heavy atom. The molecule has 0 amide bonds. The lowest BCUT2D eigenvalue weighted by Gasteiger charge is -2.30. The first kappa shape index (κ1) is 27.4. The summed E-state index contributed by atoms with van der Waals surface area (Å²) >= 11 is 0. The van der Waals surface area contributed by atoms with Gasteiger partial charge in [0.15, 0.2) is 5.82 Å². The molecule has 0 unspecified atom stereocenters. The zero-order chi connectivity index (χ0) is 32.8. The maximum Gasteiger partial charge on any atom is 0.162 e. The van der Waals surface area contributed by atoms with Crippen molar-refractivity contribution in [3.8, 4) is 50.7 Å². The Morgan fingerprint density at radius 3 is 1.68 bits per heavy atom. The lowest BCUT2D eigenvalue weighted by molar-refractivity contribution is 0.794. The highest BCUT2D eigenvalue weighted by molar-refractivity contribution is 6.18. The maximum absolute atomic E-state index is 5.29. The molecule has 3 heteroatoms. The molecule has 2 aliphatic rings. The normalized spacial score (nSPS) is 13.4. The van der Waals surface area contributed by atoms with E-state index in [-0.39, 0.29) is 0 Å². The number of aromatic nitrogens is 3. The zero-order valence-electron chi connectivity index (χ0n) is 27.1. The summed E-state index contributed by atoms with van der Waals surface area (Å²) < 4.78 is 2.34. The van der Waals surface area contributed by atoms with Gasteiger partial charge in [-0.25, -0.2) is 9.97 Å². The molecule has 0 N–H and O–H groups in total. The van der Waals surface area contributed by atoms with Crippen LogP contribution in [0.5, 0.6) is 0 Å². The number of hydrogen-bond donors (Lipinski definition) is 0. The Morgan fingerprint density at radius 1 is 0.420 bits per heavy atom. The smallest absolute Gasteiger partial charge is 0.162 e. The van der Waals surface area contributed by atoms with Crippen LogP contribution in [0.4, 0.5) is 0 Å². The van der Waals surface area contributed by atoms with Gasteiger partial charge in [0, 0.05) is 28.0 Å². The van der Waals surface area contributed by atoms with Crippen LogP contribution in [0.1, 0.15) is 22.3 Å². The van der Waals surface area contributed by atoms with E-state index in [1.807, 2.05) is 24.3 Å². The Kier molecular flexibility index (Phi) is 5.59. The summed E-state index contributed by atoms with van der Waals surface area (Å²) in [7, 11) is 0. The van der Waals surface area contributed by atoms with E-state index in [0.717, 1.165) is 33.7 Å². The van der Waals surface area contributed by atoms with E-state index >= 15 is 0 Å². The molecular formula is C47H29N3. The molecule has 0 atom stereocenters. The second kappa shape index (κ2) is 10.2. The minimum atomic E-state index is -0.396. The Labute approximate surface area is 289 Å². The number of benzene rings is 7. The van der Waals surface area contributed by atoms with Gasteiger partial charge in [0.05, 0.1) is 22.1 Å². The van der Waals surface area contributed by atoms with Crippen molar-refractivity contribution in [2.45, 2.75) is 5.41 Å². The summed E-state index contributed by atoms with van der Waals surface area (Å²) in [5, 5.41) is 2.47. The van der Waals surface area contributed by atoms with Crippen molar-refractivity contribution >= 4 is 21.8 Å². The molecule has 0 saturated heterocycles. The predicted molar refractivity (Wildman–Crippen MR) is 204 cm³/mol. The first-order valence-corrected chi connectivity index (χ1v) is 17.2. The maximum atomic E-state index is 5.29. The summed E-state index contributed by atoms with van der Waals surface area (Å²) in [5.41, 5.74) is 15.4. The summed E-state index contributed by atoms with van der Waals surface area (Å²) in [6, 6.07) is 63.4. The van der Waals surface area contributed by atoms with Crippen LogP contribution in [0.15, 0.2) is 176 Å². The Balaban J connectivity index is 1.26. The fourth-order valence-corrected chi connectivity index (χ4v) is 8.91. The topological polar surface area (TPSA) is 30.7 Å². The molecule has 232 valence electrons. The molecule has 9 aromatic rings. The van der Waals surface area contributed by atoms with Crippen LogP contribution >= 0.6 is 0 Å². The summed E-state index contributed by atoms with van der Waals surface area (Å²) in [6.07, 6.45) is 0. The van der Waals surface area contributed by atoms with Gasteiger partial charge in [-0.2, -0.15) is 0 Å². The predicted octanol–water partition coefficient (Wildman–Crippen LogP) is 11.3. The molecule has 0 fully saturated rings. The number of fused-ring (bicyclic) bond motifs is 14. The van der Waals surface area contributed by atoms with Crippen molar-refractivity contribution in [1.29, 1.82) is 0 Å². The Hall–Kier alpha value is -6.58. The lowest BCUT2D eigenvalue weighted by atomic mass is 9.70. The largest absolute Gasteiger partial charge is 0.294 e. The van der Waals surface area contributed by atoms with Crippen molar-refractivity contribution in [2.75, 3.05) is 0 Å².